The van der Waals surface area contributed by atoms with Crippen LogP contribution in [0, 0.1) is 0 Å². The number of carboxylic acid groups (broad SMARTS) is 1. The summed E-state index contributed by atoms with van der Waals surface area (Å²) in [5.74, 6) is -1.27. The minimum atomic E-state index is -1.06. The van der Waals surface area contributed by atoms with Gasteiger partial charge in [-0.1, -0.05) is 35.9 Å². The summed E-state index contributed by atoms with van der Waals surface area (Å²) < 4.78 is 0. The Bertz CT molecular complexity index is 967. The van der Waals surface area contributed by atoms with E-state index in [-0.39, 0.29) is 23.6 Å². The topological polar surface area (TPSA) is 86.6 Å². The highest BCUT2D eigenvalue weighted by atomic mass is 35.5. The summed E-state index contributed by atoms with van der Waals surface area (Å²) in [5.41, 5.74) is 1.05. The first kappa shape index (κ1) is 17.3. The number of nitrogens with one attached hydrogen (secondary N) is 1. The van der Waals surface area contributed by atoms with Crippen molar-refractivity contribution in [3.63, 3.8) is 0 Å². The molecule has 3 rings (SSSR count). The average Bonchev–Trinajstić information content (AvgIpc) is 3.04. The SMILES string of the molecule is O=C(CCc1ccc2c(Cl)c(O)ccc2c1)Nc1sccc1C(=O)O. The van der Waals surface area contributed by atoms with Gasteiger partial charge in [-0.3, -0.25) is 4.79 Å². The molecule has 128 valence electrons. The molecule has 0 bridgehead atoms. The van der Waals surface area contributed by atoms with Gasteiger partial charge in [-0.15, -0.1) is 11.3 Å². The lowest BCUT2D eigenvalue weighted by atomic mass is 10.0. The highest BCUT2D eigenvalue weighted by molar-refractivity contribution is 7.14. The predicted octanol–water partition coefficient (Wildman–Crippen LogP) is 4.53. The van der Waals surface area contributed by atoms with E-state index in [1.54, 1.807) is 11.4 Å². The van der Waals surface area contributed by atoms with Crippen LogP contribution in [0.1, 0.15) is 22.3 Å². The van der Waals surface area contributed by atoms with Gasteiger partial charge in [0.2, 0.25) is 5.91 Å². The zero-order valence-corrected chi connectivity index (χ0v) is 14.5. The number of phenols is 1. The van der Waals surface area contributed by atoms with Crippen molar-refractivity contribution in [2.24, 2.45) is 0 Å². The maximum absolute atomic E-state index is 12.1. The fraction of sp³-hybridized carbons (Fsp3) is 0.111. The Kier molecular flexibility index (Phi) is 4.92. The number of aryl methyl sites for hydroxylation is 1. The highest BCUT2D eigenvalue weighted by Crippen LogP contribution is 2.32. The number of anilines is 1. The van der Waals surface area contributed by atoms with Gasteiger partial charge in [-0.25, -0.2) is 4.79 Å². The van der Waals surface area contributed by atoms with Crippen molar-refractivity contribution in [2.75, 3.05) is 5.32 Å². The Morgan fingerprint density at radius 3 is 2.72 bits per heavy atom. The van der Waals surface area contributed by atoms with E-state index in [4.69, 9.17) is 16.7 Å². The summed E-state index contributed by atoms with van der Waals surface area (Å²) in [5, 5.41) is 25.2. The number of benzene rings is 2. The maximum atomic E-state index is 12.1. The predicted molar refractivity (Wildman–Crippen MR) is 98.9 cm³/mol. The quantitative estimate of drug-likeness (QED) is 0.611. The number of hydrogen-bond donors (Lipinski definition) is 3. The Labute approximate surface area is 152 Å². The van der Waals surface area contributed by atoms with Crippen LogP contribution in [0.15, 0.2) is 41.8 Å². The normalized spacial score (nSPS) is 10.8. The van der Waals surface area contributed by atoms with Crippen molar-refractivity contribution >= 4 is 50.6 Å². The van der Waals surface area contributed by atoms with Gasteiger partial charge in [0.15, 0.2) is 0 Å². The average molecular weight is 376 g/mol. The molecule has 1 heterocycles. The third-order valence-electron chi connectivity index (χ3n) is 3.79. The van der Waals surface area contributed by atoms with E-state index in [0.29, 0.717) is 16.4 Å². The molecule has 0 aliphatic heterocycles. The summed E-state index contributed by atoms with van der Waals surface area (Å²) in [4.78, 5) is 23.1. The van der Waals surface area contributed by atoms with Gasteiger partial charge in [0.25, 0.3) is 0 Å². The third-order valence-corrected chi connectivity index (χ3v) is 5.01. The zero-order chi connectivity index (χ0) is 18.0. The van der Waals surface area contributed by atoms with E-state index in [2.05, 4.69) is 5.32 Å². The number of carboxylic acids is 1. The van der Waals surface area contributed by atoms with E-state index in [9.17, 15) is 14.7 Å². The van der Waals surface area contributed by atoms with Crippen LogP contribution < -0.4 is 5.32 Å². The number of rotatable bonds is 5. The highest BCUT2D eigenvalue weighted by Gasteiger charge is 2.14. The minimum absolute atomic E-state index is 0.0338. The Morgan fingerprint density at radius 1 is 1.16 bits per heavy atom. The van der Waals surface area contributed by atoms with Gasteiger partial charge < -0.3 is 15.5 Å². The Hall–Kier alpha value is -2.57. The molecule has 0 spiro atoms. The molecule has 0 fully saturated rings. The molecule has 0 saturated heterocycles. The second-order valence-corrected chi connectivity index (χ2v) is 6.76. The number of thiophene rings is 1. The molecule has 2 aromatic carbocycles. The number of aromatic hydroxyl groups is 1. The maximum Gasteiger partial charge on any atom is 0.338 e. The Balaban J connectivity index is 1.68. The van der Waals surface area contributed by atoms with Crippen LogP contribution in [0.2, 0.25) is 5.02 Å². The monoisotopic (exact) mass is 375 g/mol. The molecule has 0 unspecified atom stereocenters. The number of phenolic OH excluding ortho intramolecular Hbond substituents is 1. The number of hydrogen-bond acceptors (Lipinski definition) is 4. The molecule has 5 nitrogen and oxygen atoms in total. The van der Waals surface area contributed by atoms with Gasteiger partial charge in [0, 0.05) is 11.8 Å². The minimum Gasteiger partial charge on any atom is -0.506 e. The third kappa shape index (κ3) is 3.75. The molecule has 1 aromatic heterocycles. The van der Waals surface area contributed by atoms with E-state index in [0.717, 1.165) is 16.3 Å². The van der Waals surface area contributed by atoms with Gasteiger partial charge in [0.05, 0.1) is 10.6 Å². The summed E-state index contributed by atoms with van der Waals surface area (Å²) in [6, 6.07) is 10.4. The number of amides is 1. The van der Waals surface area contributed by atoms with Gasteiger partial charge in [0.1, 0.15) is 10.8 Å². The molecule has 0 aliphatic carbocycles. The van der Waals surface area contributed by atoms with Gasteiger partial charge in [-0.2, -0.15) is 0 Å². The van der Waals surface area contributed by atoms with Crippen molar-refractivity contribution in [3.05, 3.63) is 57.9 Å². The molecule has 3 aromatic rings. The molecule has 0 atom stereocenters. The largest absolute Gasteiger partial charge is 0.506 e. The number of aromatic carboxylic acids is 1. The summed E-state index contributed by atoms with van der Waals surface area (Å²) >= 11 is 7.25. The number of carbonyl (C=O) groups excluding carboxylic acids is 1. The molecule has 7 heteroatoms. The molecular formula is C18H14ClNO4S. The van der Waals surface area contributed by atoms with Crippen molar-refractivity contribution in [2.45, 2.75) is 12.8 Å². The lowest BCUT2D eigenvalue weighted by Crippen LogP contribution is -2.13. The van der Waals surface area contributed by atoms with Crippen molar-refractivity contribution < 1.29 is 19.8 Å². The molecule has 0 aliphatic rings. The Morgan fingerprint density at radius 2 is 1.96 bits per heavy atom. The van der Waals surface area contributed by atoms with E-state index in [1.165, 1.54) is 23.5 Å². The lowest BCUT2D eigenvalue weighted by Gasteiger charge is -2.07. The van der Waals surface area contributed by atoms with Gasteiger partial charge in [-0.05, 0) is 34.9 Å². The second-order valence-electron chi connectivity index (χ2n) is 5.47. The van der Waals surface area contributed by atoms with Crippen LogP contribution in [-0.4, -0.2) is 22.1 Å². The van der Waals surface area contributed by atoms with Crippen molar-refractivity contribution in [1.82, 2.24) is 0 Å². The fourth-order valence-corrected chi connectivity index (χ4v) is 3.54. The van der Waals surface area contributed by atoms with Crippen LogP contribution in [-0.2, 0) is 11.2 Å². The van der Waals surface area contributed by atoms with Crippen molar-refractivity contribution in [1.29, 1.82) is 0 Å². The first-order valence-corrected chi connectivity index (χ1v) is 8.72. The van der Waals surface area contributed by atoms with Crippen LogP contribution in [0.4, 0.5) is 5.00 Å². The molecule has 0 saturated carbocycles. The summed E-state index contributed by atoms with van der Waals surface area (Å²) in [7, 11) is 0. The van der Waals surface area contributed by atoms with Crippen LogP contribution in [0.5, 0.6) is 5.75 Å². The lowest BCUT2D eigenvalue weighted by molar-refractivity contribution is -0.116. The zero-order valence-electron chi connectivity index (χ0n) is 13.0. The summed E-state index contributed by atoms with van der Waals surface area (Å²) in [6.07, 6.45) is 0.738. The smallest absolute Gasteiger partial charge is 0.338 e. The number of halogens is 1. The molecule has 25 heavy (non-hydrogen) atoms. The van der Waals surface area contributed by atoms with E-state index >= 15 is 0 Å². The molecule has 1 amide bonds. The van der Waals surface area contributed by atoms with Crippen LogP contribution in [0.3, 0.4) is 0 Å². The van der Waals surface area contributed by atoms with Crippen molar-refractivity contribution in [3.8, 4) is 5.75 Å². The van der Waals surface area contributed by atoms with E-state index in [1.807, 2.05) is 18.2 Å². The summed E-state index contributed by atoms with van der Waals surface area (Å²) in [6.45, 7) is 0. The molecule has 0 radical (unpaired) electrons. The first-order chi connectivity index (χ1) is 12.0. The van der Waals surface area contributed by atoms with Crippen LogP contribution in [0.25, 0.3) is 10.8 Å². The second kappa shape index (κ2) is 7.13. The standard InChI is InChI=1S/C18H14ClNO4S/c19-16-12-4-1-10(9-11(12)3-5-14(16)21)2-6-15(22)20-17-13(18(23)24)7-8-25-17/h1,3-5,7-9,21H,2,6H2,(H,20,22)(H,23,24). The van der Waals surface area contributed by atoms with Crippen LogP contribution >= 0.6 is 22.9 Å². The van der Waals surface area contributed by atoms with Gasteiger partial charge >= 0.3 is 5.97 Å². The number of carbonyl (C=O) groups is 2. The molecule has 3 N–H and O–H groups in total. The first-order valence-electron chi connectivity index (χ1n) is 7.46. The molecular weight excluding hydrogens is 362 g/mol. The number of fused-ring (bicyclic) bond motifs is 1. The van der Waals surface area contributed by atoms with E-state index < -0.39 is 5.97 Å². The fourth-order valence-electron chi connectivity index (χ4n) is 2.51.